The maximum atomic E-state index is 12.5. The molecule has 0 spiro atoms. The van der Waals surface area contributed by atoms with Crippen LogP contribution in [0.2, 0.25) is 0 Å². The van der Waals surface area contributed by atoms with Gasteiger partial charge in [-0.15, -0.1) is 11.8 Å². The van der Waals surface area contributed by atoms with Crippen LogP contribution < -0.4 is 16.2 Å². The highest BCUT2D eigenvalue weighted by Gasteiger charge is 2.10. The van der Waals surface area contributed by atoms with Crippen molar-refractivity contribution in [2.75, 3.05) is 10.6 Å². The molecule has 6 nitrogen and oxygen atoms in total. The summed E-state index contributed by atoms with van der Waals surface area (Å²) in [6.07, 6.45) is 2.68. The van der Waals surface area contributed by atoms with Gasteiger partial charge in [-0.2, -0.15) is 0 Å². The van der Waals surface area contributed by atoms with Crippen molar-refractivity contribution >= 4 is 34.8 Å². The number of pyridine rings is 1. The zero-order valence-electron chi connectivity index (χ0n) is 18.0. The number of hydrogen-bond donors (Lipinski definition) is 2. The van der Waals surface area contributed by atoms with Crippen LogP contribution in [0.1, 0.15) is 23.7 Å². The SMILES string of the molecule is CCc1ccc(NC(=O)Nc2ccccc2SCc2cc(=O)n3cccc(C)c3n2)cc1. The van der Waals surface area contributed by atoms with Gasteiger partial charge in [0.2, 0.25) is 0 Å². The lowest BCUT2D eigenvalue weighted by molar-refractivity contribution is 0.262. The molecule has 7 heteroatoms. The molecule has 0 bridgehead atoms. The summed E-state index contributed by atoms with van der Waals surface area (Å²) in [6, 6.07) is 20.4. The summed E-state index contributed by atoms with van der Waals surface area (Å²) in [5, 5.41) is 5.78. The van der Waals surface area contributed by atoms with E-state index < -0.39 is 0 Å². The summed E-state index contributed by atoms with van der Waals surface area (Å²) in [4.78, 5) is 30.5. The highest BCUT2D eigenvalue weighted by molar-refractivity contribution is 7.98. The van der Waals surface area contributed by atoms with Crippen LogP contribution in [0.3, 0.4) is 0 Å². The van der Waals surface area contributed by atoms with E-state index in [9.17, 15) is 9.59 Å². The second kappa shape index (κ2) is 9.70. The van der Waals surface area contributed by atoms with Crippen molar-refractivity contribution in [2.24, 2.45) is 0 Å². The minimum atomic E-state index is -0.306. The fraction of sp³-hybridized carbons (Fsp3) is 0.160. The highest BCUT2D eigenvalue weighted by Crippen LogP contribution is 2.29. The van der Waals surface area contributed by atoms with Gasteiger partial charge in [-0.05, 0) is 54.8 Å². The first-order valence-electron chi connectivity index (χ1n) is 10.4. The van der Waals surface area contributed by atoms with Crippen molar-refractivity contribution in [1.82, 2.24) is 9.38 Å². The third kappa shape index (κ3) is 5.00. The summed E-state index contributed by atoms with van der Waals surface area (Å²) < 4.78 is 1.55. The molecule has 162 valence electrons. The highest BCUT2D eigenvalue weighted by atomic mass is 32.2. The first-order valence-corrected chi connectivity index (χ1v) is 11.4. The minimum Gasteiger partial charge on any atom is -0.308 e. The molecule has 0 aliphatic carbocycles. The predicted octanol–water partition coefficient (Wildman–Crippen LogP) is 5.50. The van der Waals surface area contributed by atoms with Crippen molar-refractivity contribution < 1.29 is 4.79 Å². The number of nitrogens with zero attached hydrogens (tertiary/aromatic N) is 2. The molecule has 0 fully saturated rings. The molecule has 4 aromatic rings. The number of aromatic nitrogens is 2. The standard InChI is InChI=1S/C25H24N4O2S/c1-3-18-10-12-19(13-11-18)27-25(31)28-21-8-4-5-9-22(21)32-16-20-15-23(30)29-14-6-7-17(2)24(29)26-20/h4-15H,3,16H2,1-2H3,(H2,27,28,31). The molecule has 32 heavy (non-hydrogen) atoms. The minimum absolute atomic E-state index is 0.103. The summed E-state index contributed by atoms with van der Waals surface area (Å²) in [6.45, 7) is 4.03. The number of hydrogen-bond acceptors (Lipinski definition) is 4. The van der Waals surface area contributed by atoms with Crippen LogP contribution in [0, 0.1) is 6.92 Å². The van der Waals surface area contributed by atoms with Gasteiger partial charge in [0.1, 0.15) is 5.65 Å². The van der Waals surface area contributed by atoms with Crippen LogP contribution in [0.25, 0.3) is 5.65 Å². The average molecular weight is 445 g/mol. The number of carbonyl (C=O) groups is 1. The van der Waals surface area contributed by atoms with E-state index in [1.807, 2.05) is 67.6 Å². The zero-order chi connectivity index (χ0) is 22.5. The van der Waals surface area contributed by atoms with Crippen molar-refractivity contribution in [3.8, 4) is 0 Å². The summed E-state index contributed by atoms with van der Waals surface area (Å²) in [7, 11) is 0. The van der Waals surface area contributed by atoms with Crippen molar-refractivity contribution in [2.45, 2.75) is 30.9 Å². The molecule has 2 heterocycles. The number of para-hydroxylation sites is 1. The van der Waals surface area contributed by atoms with Gasteiger partial charge in [-0.25, -0.2) is 9.78 Å². The van der Waals surface area contributed by atoms with Crippen molar-refractivity contribution in [3.63, 3.8) is 0 Å². The van der Waals surface area contributed by atoms with Gasteiger partial charge in [-0.1, -0.05) is 37.3 Å². The first kappa shape index (κ1) is 21.6. The predicted molar refractivity (Wildman–Crippen MR) is 131 cm³/mol. The maximum absolute atomic E-state index is 12.5. The number of benzene rings is 2. The number of aryl methyl sites for hydroxylation is 2. The molecule has 2 N–H and O–H groups in total. The maximum Gasteiger partial charge on any atom is 0.323 e. The Balaban J connectivity index is 1.46. The lowest BCUT2D eigenvalue weighted by Gasteiger charge is -2.12. The Labute approximate surface area is 190 Å². The number of fused-ring (bicyclic) bond motifs is 1. The number of thioether (sulfide) groups is 1. The molecule has 2 aromatic heterocycles. The smallest absolute Gasteiger partial charge is 0.308 e. The van der Waals surface area contributed by atoms with E-state index in [4.69, 9.17) is 0 Å². The fourth-order valence-corrected chi connectivity index (χ4v) is 4.24. The third-order valence-corrected chi connectivity index (χ3v) is 6.18. The van der Waals surface area contributed by atoms with E-state index in [0.717, 1.165) is 22.6 Å². The van der Waals surface area contributed by atoms with E-state index in [1.165, 1.54) is 17.3 Å². The molecule has 0 aliphatic heterocycles. The number of rotatable bonds is 6. The Morgan fingerprint density at radius 1 is 1.03 bits per heavy atom. The molecule has 0 saturated carbocycles. The van der Waals surface area contributed by atoms with E-state index in [-0.39, 0.29) is 11.6 Å². The van der Waals surface area contributed by atoms with E-state index >= 15 is 0 Å². The molecule has 0 aliphatic rings. The Bertz CT molecular complexity index is 1320. The Hall–Kier alpha value is -3.58. The van der Waals surface area contributed by atoms with E-state index in [0.29, 0.717) is 22.8 Å². The number of amides is 2. The normalized spacial score (nSPS) is 10.8. The molecular weight excluding hydrogens is 420 g/mol. The van der Waals surface area contributed by atoms with Crippen LogP contribution >= 0.6 is 11.8 Å². The van der Waals surface area contributed by atoms with Crippen LogP contribution in [0.5, 0.6) is 0 Å². The van der Waals surface area contributed by atoms with Crippen LogP contribution in [-0.4, -0.2) is 15.4 Å². The van der Waals surface area contributed by atoms with Crippen molar-refractivity contribution in [1.29, 1.82) is 0 Å². The van der Waals surface area contributed by atoms with Crippen LogP contribution in [-0.2, 0) is 12.2 Å². The third-order valence-electron chi connectivity index (χ3n) is 5.07. The molecule has 0 unspecified atom stereocenters. The summed E-state index contributed by atoms with van der Waals surface area (Å²) in [5.41, 5.74) is 4.86. The monoisotopic (exact) mass is 444 g/mol. The van der Waals surface area contributed by atoms with Crippen LogP contribution in [0.4, 0.5) is 16.2 Å². The molecular formula is C25H24N4O2S. The second-order valence-electron chi connectivity index (χ2n) is 7.38. The number of nitrogens with one attached hydrogen (secondary N) is 2. The molecule has 4 rings (SSSR count). The zero-order valence-corrected chi connectivity index (χ0v) is 18.8. The van der Waals surface area contributed by atoms with Crippen molar-refractivity contribution in [3.05, 3.63) is 100 Å². The Morgan fingerprint density at radius 2 is 1.81 bits per heavy atom. The van der Waals surface area contributed by atoms with Gasteiger partial charge in [0.15, 0.2) is 0 Å². The largest absolute Gasteiger partial charge is 0.323 e. The van der Waals surface area contributed by atoms with Gasteiger partial charge in [-0.3, -0.25) is 9.20 Å². The van der Waals surface area contributed by atoms with Gasteiger partial charge in [0.05, 0.1) is 11.4 Å². The first-order chi connectivity index (χ1) is 15.5. The second-order valence-corrected chi connectivity index (χ2v) is 8.40. The van der Waals surface area contributed by atoms with Crippen LogP contribution in [0.15, 0.2) is 82.6 Å². The molecule has 2 amide bonds. The van der Waals surface area contributed by atoms with E-state index in [2.05, 4.69) is 22.5 Å². The average Bonchev–Trinajstić information content (AvgIpc) is 2.80. The lowest BCUT2D eigenvalue weighted by Crippen LogP contribution is -2.19. The number of urea groups is 1. The topological polar surface area (TPSA) is 75.5 Å². The fourth-order valence-electron chi connectivity index (χ4n) is 3.34. The van der Waals surface area contributed by atoms with Gasteiger partial charge >= 0.3 is 6.03 Å². The number of anilines is 2. The summed E-state index contributed by atoms with van der Waals surface area (Å²) >= 11 is 1.52. The van der Waals surface area contributed by atoms with Gasteiger partial charge in [0.25, 0.3) is 5.56 Å². The Morgan fingerprint density at radius 3 is 2.59 bits per heavy atom. The molecule has 0 radical (unpaired) electrons. The number of carbonyl (C=O) groups excluding carboxylic acids is 1. The molecule has 0 saturated heterocycles. The lowest BCUT2D eigenvalue weighted by atomic mass is 10.1. The van der Waals surface area contributed by atoms with Gasteiger partial charge < -0.3 is 10.6 Å². The Kier molecular flexibility index (Phi) is 6.56. The summed E-state index contributed by atoms with van der Waals surface area (Å²) in [5.74, 6) is 0.513. The molecule has 0 atom stereocenters. The van der Waals surface area contributed by atoms with E-state index in [1.54, 1.807) is 16.7 Å². The van der Waals surface area contributed by atoms with Gasteiger partial charge in [0, 0.05) is 28.6 Å². The molecule has 2 aromatic carbocycles. The quantitative estimate of drug-likeness (QED) is 0.385.